The Kier molecular flexibility index (Phi) is 6.53. The maximum atomic E-state index is 13.1. The van der Waals surface area contributed by atoms with Gasteiger partial charge in [-0.3, -0.25) is 0 Å². The number of benzene rings is 2. The summed E-state index contributed by atoms with van der Waals surface area (Å²) in [6, 6.07) is 12.0. The van der Waals surface area contributed by atoms with Gasteiger partial charge in [0.2, 0.25) is 0 Å². The van der Waals surface area contributed by atoms with Gasteiger partial charge in [0.25, 0.3) is 0 Å². The van der Waals surface area contributed by atoms with Crippen LogP contribution in [0.2, 0.25) is 10.0 Å². The van der Waals surface area contributed by atoms with Crippen LogP contribution in [0.1, 0.15) is 24.5 Å². The van der Waals surface area contributed by atoms with Gasteiger partial charge in [-0.05, 0) is 55.2 Å². The summed E-state index contributed by atoms with van der Waals surface area (Å²) in [5.41, 5.74) is 1.51. The molecule has 1 unspecified atom stereocenters. The second-order valence-electron chi connectivity index (χ2n) is 6.84. The highest BCUT2D eigenvalue weighted by Gasteiger charge is 2.26. The smallest absolute Gasteiger partial charge is 0.123 e. The lowest BCUT2D eigenvalue weighted by molar-refractivity contribution is -0.0602. The lowest BCUT2D eigenvalue weighted by atomic mass is 9.96. The van der Waals surface area contributed by atoms with Crippen molar-refractivity contribution >= 4 is 23.2 Å². The summed E-state index contributed by atoms with van der Waals surface area (Å²) >= 11 is 12.2. The number of halogens is 3. The molecule has 3 nitrogen and oxygen atoms in total. The van der Waals surface area contributed by atoms with E-state index in [-0.39, 0.29) is 5.82 Å². The zero-order valence-corrected chi connectivity index (χ0v) is 16.6. The third-order valence-electron chi connectivity index (χ3n) is 4.52. The normalized spacial score (nSPS) is 13.5. The molecule has 6 heteroatoms. The van der Waals surface area contributed by atoms with Gasteiger partial charge in [-0.25, -0.2) is 9.37 Å². The van der Waals surface area contributed by atoms with Gasteiger partial charge in [-0.2, -0.15) is 0 Å². The fourth-order valence-electron chi connectivity index (χ4n) is 2.91. The molecular weight excluding hydrogens is 386 g/mol. The van der Waals surface area contributed by atoms with E-state index in [1.807, 2.05) is 29.0 Å². The molecule has 0 fully saturated rings. The molecule has 0 aliphatic heterocycles. The third kappa shape index (κ3) is 5.80. The van der Waals surface area contributed by atoms with Crippen molar-refractivity contribution in [2.75, 3.05) is 0 Å². The number of nitrogens with zero attached hydrogens (tertiary/aromatic N) is 2. The van der Waals surface area contributed by atoms with Crippen molar-refractivity contribution < 1.29 is 9.13 Å². The van der Waals surface area contributed by atoms with E-state index in [2.05, 4.69) is 11.9 Å². The van der Waals surface area contributed by atoms with Crippen LogP contribution in [0, 0.1) is 5.82 Å². The van der Waals surface area contributed by atoms with E-state index in [0.29, 0.717) is 23.2 Å². The Morgan fingerprint density at radius 1 is 1.15 bits per heavy atom. The number of hydrogen-bond acceptors (Lipinski definition) is 2. The molecule has 0 aliphatic carbocycles. The van der Waals surface area contributed by atoms with Crippen LogP contribution in [0.25, 0.3) is 0 Å². The predicted octanol–water partition coefficient (Wildman–Crippen LogP) is 5.94. The van der Waals surface area contributed by atoms with E-state index in [0.717, 1.165) is 24.0 Å². The Morgan fingerprint density at radius 3 is 2.59 bits per heavy atom. The van der Waals surface area contributed by atoms with Crippen molar-refractivity contribution in [1.82, 2.24) is 9.55 Å². The first kappa shape index (κ1) is 19.9. The van der Waals surface area contributed by atoms with Crippen LogP contribution in [0.3, 0.4) is 0 Å². The highest BCUT2D eigenvalue weighted by Crippen LogP contribution is 2.27. The largest absolute Gasteiger partial charge is 0.369 e. The van der Waals surface area contributed by atoms with E-state index < -0.39 is 5.60 Å². The van der Waals surface area contributed by atoms with Crippen molar-refractivity contribution in [3.05, 3.63) is 88.2 Å². The Balaban J connectivity index is 1.71. The van der Waals surface area contributed by atoms with Crippen LogP contribution in [0.4, 0.5) is 4.39 Å². The number of rotatable bonds is 8. The highest BCUT2D eigenvalue weighted by atomic mass is 35.5. The van der Waals surface area contributed by atoms with Gasteiger partial charge < -0.3 is 9.30 Å². The van der Waals surface area contributed by atoms with Crippen molar-refractivity contribution in [3.63, 3.8) is 0 Å². The monoisotopic (exact) mass is 406 g/mol. The number of aromatic nitrogens is 2. The molecule has 0 saturated carbocycles. The maximum Gasteiger partial charge on any atom is 0.123 e. The molecular formula is C21H21Cl2FN2O. The minimum Gasteiger partial charge on any atom is -0.369 e. The van der Waals surface area contributed by atoms with E-state index in [4.69, 9.17) is 27.9 Å². The lowest BCUT2D eigenvalue weighted by Crippen LogP contribution is -2.34. The molecule has 1 heterocycles. The summed E-state index contributed by atoms with van der Waals surface area (Å²) in [4.78, 5) is 4.11. The Morgan fingerprint density at radius 2 is 1.93 bits per heavy atom. The van der Waals surface area contributed by atoms with Crippen molar-refractivity contribution in [1.29, 1.82) is 0 Å². The van der Waals surface area contributed by atoms with Crippen LogP contribution in [0.15, 0.2) is 61.2 Å². The molecule has 0 amide bonds. The fourth-order valence-corrected chi connectivity index (χ4v) is 3.38. The molecule has 0 bridgehead atoms. The Labute approximate surface area is 168 Å². The average molecular weight is 407 g/mol. The summed E-state index contributed by atoms with van der Waals surface area (Å²) in [6.07, 6.45) is 6.97. The van der Waals surface area contributed by atoms with E-state index >= 15 is 0 Å². The summed E-state index contributed by atoms with van der Waals surface area (Å²) in [5, 5.41) is 1.19. The third-order valence-corrected chi connectivity index (χ3v) is 5.11. The summed E-state index contributed by atoms with van der Waals surface area (Å²) in [5.74, 6) is -0.228. The zero-order valence-electron chi connectivity index (χ0n) is 15.0. The highest BCUT2D eigenvalue weighted by molar-refractivity contribution is 6.35. The van der Waals surface area contributed by atoms with Gasteiger partial charge in [0.15, 0.2) is 0 Å². The SMILES string of the molecule is CC(CCc1ccc(F)cc1)(Cn1ccnc1)OCc1ccc(Cl)cc1Cl. The van der Waals surface area contributed by atoms with Gasteiger partial charge in [-0.1, -0.05) is 41.4 Å². The molecule has 0 aliphatic rings. The molecule has 1 atom stereocenters. The Hall–Kier alpha value is -1.88. The zero-order chi connectivity index (χ0) is 19.3. The summed E-state index contributed by atoms with van der Waals surface area (Å²) in [7, 11) is 0. The van der Waals surface area contributed by atoms with Gasteiger partial charge in [0, 0.05) is 22.4 Å². The van der Waals surface area contributed by atoms with Gasteiger partial charge in [0.05, 0.1) is 25.1 Å². The fraction of sp³-hybridized carbons (Fsp3) is 0.286. The van der Waals surface area contributed by atoms with Gasteiger partial charge in [-0.15, -0.1) is 0 Å². The second kappa shape index (κ2) is 8.87. The Bertz CT molecular complexity index is 868. The number of hydrogen-bond donors (Lipinski definition) is 0. The summed E-state index contributed by atoms with van der Waals surface area (Å²) < 4.78 is 21.4. The summed E-state index contributed by atoms with van der Waals surface area (Å²) in [6.45, 7) is 3.10. The van der Waals surface area contributed by atoms with Crippen LogP contribution in [-0.2, 0) is 24.3 Å². The molecule has 0 radical (unpaired) electrons. The van der Waals surface area contributed by atoms with Crippen LogP contribution in [-0.4, -0.2) is 15.2 Å². The van der Waals surface area contributed by atoms with Crippen molar-refractivity contribution in [2.45, 2.75) is 38.5 Å². The van der Waals surface area contributed by atoms with Gasteiger partial charge in [0.1, 0.15) is 5.82 Å². The van der Waals surface area contributed by atoms with Crippen molar-refractivity contribution in [2.24, 2.45) is 0 Å². The van der Waals surface area contributed by atoms with Crippen molar-refractivity contribution in [3.8, 4) is 0 Å². The number of aryl methyl sites for hydroxylation is 1. The topological polar surface area (TPSA) is 27.1 Å². The first-order valence-electron chi connectivity index (χ1n) is 8.72. The second-order valence-corrected chi connectivity index (χ2v) is 7.68. The lowest BCUT2D eigenvalue weighted by Gasteiger charge is -2.31. The van der Waals surface area contributed by atoms with E-state index in [1.54, 1.807) is 24.7 Å². The maximum absolute atomic E-state index is 13.1. The molecule has 0 saturated heterocycles. The number of ether oxygens (including phenoxy) is 1. The van der Waals surface area contributed by atoms with E-state index in [1.165, 1.54) is 12.1 Å². The molecule has 142 valence electrons. The predicted molar refractivity (Wildman–Crippen MR) is 107 cm³/mol. The minimum atomic E-state index is -0.446. The van der Waals surface area contributed by atoms with E-state index in [9.17, 15) is 4.39 Å². The first-order valence-corrected chi connectivity index (χ1v) is 9.47. The number of imidazole rings is 1. The molecule has 3 rings (SSSR count). The first-order chi connectivity index (χ1) is 12.9. The average Bonchev–Trinajstić information content (AvgIpc) is 3.13. The van der Waals surface area contributed by atoms with Crippen LogP contribution >= 0.6 is 23.2 Å². The molecule has 3 aromatic rings. The standard InChI is InChI=1S/C21H21Cl2FN2O/c1-21(14-26-11-10-25-15-26,9-8-16-2-6-19(24)7-3-16)27-13-17-4-5-18(22)12-20(17)23/h2-7,10-12,15H,8-9,13-14H2,1H3. The quantitative estimate of drug-likeness (QED) is 0.462. The van der Waals surface area contributed by atoms with Gasteiger partial charge >= 0.3 is 0 Å². The molecule has 0 N–H and O–H groups in total. The van der Waals surface area contributed by atoms with Crippen LogP contribution < -0.4 is 0 Å². The van der Waals surface area contributed by atoms with Crippen LogP contribution in [0.5, 0.6) is 0 Å². The molecule has 27 heavy (non-hydrogen) atoms. The molecule has 2 aromatic carbocycles. The minimum absolute atomic E-state index is 0.228. The molecule has 0 spiro atoms. The molecule has 1 aromatic heterocycles.